The minimum atomic E-state index is -0.507. The molecular formula is C19H19ClO3. The highest BCUT2D eigenvalue weighted by molar-refractivity contribution is 6.30. The van der Waals surface area contributed by atoms with Crippen LogP contribution in [0.15, 0.2) is 48.5 Å². The second kappa shape index (κ2) is 6.97. The fraction of sp³-hybridized carbons (Fsp3) is 0.263. The maximum absolute atomic E-state index is 12.0. The quantitative estimate of drug-likeness (QED) is 0.604. The summed E-state index contributed by atoms with van der Waals surface area (Å²) in [6, 6.07) is 13.7. The number of carbonyl (C=O) groups excluding carboxylic acids is 2. The molecule has 3 nitrogen and oxygen atoms in total. The van der Waals surface area contributed by atoms with E-state index in [-0.39, 0.29) is 17.8 Å². The van der Waals surface area contributed by atoms with Crippen molar-refractivity contribution in [3.05, 3.63) is 70.2 Å². The number of hydrogen-bond donors (Lipinski definition) is 0. The fourth-order valence-electron chi connectivity index (χ4n) is 2.04. The van der Waals surface area contributed by atoms with E-state index >= 15 is 0 Å². The molecule has 0 unspecified atom stereocenters. The zero-order chi connectivity index (χ0) is 17.0. The number of Topliss-reactive ketones (excluding diaryl/α,β-unsaturated/α-hetero) is 1. The van der Waals surface area contributed by atoms with Crippen LogP contribution in [0.2, 0.25) is 5.02 Å². The molecule has 0 amide bonds. The summed E-state index contributed by atoms with van der Waals surface area (Å²) < 4.78 is 5.08. The van der Waals surface area contributed by atoms with Gasteiger partial charge < -0.3 is 4.74 Å². The Morgan fingerprint density at radius 1 is 0.913 bits per heavy atom. The van der Waals surface area contributed by atoms with Gasteiger partial charge in [-0.15, -0.1) is 0 Å². The summed E-state index contributed by atoms with van der Waals surface area (Å²) in [5.41, 5.74) is 2.05. The minimum absolute atomic E-state index is 0.0208. The summed E-state index contributed by atoms with van der Waals surface area (Å²) in [5, 5.41) is 0.553. The van der Waals surface area contributed by atoms with Gasteiger partial charge in [-0.3, -0.25) is 4.79 Å². The SMILES string of the molecule is CC(C)(C)c1ccc(C(=O)OCC(=O)c2ccc(Cl)cc2)cc1. The van der Waals surface area contributed by atoms with E-state index < -0.39 is 5.97 Å². The average Bonchev–Trinajstić information content (AvgIpc) is 2.52. The molecule has 0 saturated carbocycles. The van der Waals surface area contributed by atoms with Gasteiger partial charge in [0, 0.05) is 10.6 Å². The molecule has 0 N–H and O–H groups in total. The molecule has 0 aliphatic heterocycles. The monoisotopic (exact) mass is 330 g/mol. The molecule has 120 valence electrons. The van der Waals surface area contributed by atoms with Crippen LogP contribution in [-0.4, -0.2) is 18.4 Å². The first-order valence-corrected chi connectivity index (χ1v) is 7.71. The lowest BCUT2D eigenvalue weighted by Gasteiger charge is -2.18. The van der Waals surface area contributed by atoms with Crippen molar-refractivity contribution < 1.29 is 14.3 Å². The largest absolute Gasteiger partial charge is 0.454 e. The molecule has 0 bridgehead atoms. The van der Waals surface area contributed by atoms with Crippen LogP contribution in [-0.2, 0) is 10.2 Å². The lowest BCUT2D eigenvalue weighted by Crippen LogP contribution is -2.15. The third kappa shape index (κ3) is 4.67. The van der Waals surface area contributed by atoms with E-state index in [1.54, 1.807) is 36.4 Å². The first-order valence-electron chi connectivity index (χ1n) is 7.34. The van der Waals surface area contributed by atoms with Gasteiger partial charge in [0.1, 0.15) is 0 Å². The molecular weight excluding hydrogens is 312 g/mol. The van der Waals surface area contributed by atoms with E-state index in [0.29, 0.717) is 16.1 Å². The van der Waals surface area contributed by atoms with Crippen molar-refractivity contribution in [2.45, 2.75) is 26.2 Å². The predicted molar refractivity (Wildman–Crippen MR) is 91.2 cm³/mol. The van der Waals surface area contributed by atoms with E-state index in [4.69, 9.17) is 16.3 Å². The molecule has 0 spiro atoms. The Morgan fingerprint density at radius 3 is 1.96 bits per heavy atom. The summed E-state index contributed by atoms with van der Waals surface area (Å²) in [5.74, 6) is -0.769. The second-order valence-electron chi connectivity index (χ2n) is 6.33. The normalized spacial score (nSPS) is 11.1. The first kappa shape index (κ1) is 17.2. The molecule has 23 heavy (non-hydrogen) atoms. The van der Waals surface area contributed by atoms with Crippen LogP contribution in [0.1, 0.15) is 47.1 Å². The van der Waals surface area contributed by atoms with Crippen molar-refractivity contribution in [3.63, 3.8) is 0 Å². The molecule has 4 heteroatoms. The Bertz CT molecular complexity index is 695. The standard InChI is InChI=1S/C19H19ClO3/c1-19(2,3)15-8-4-14(5-9-15)18(22)23-12-17(21)13-6-10-16(20)11-7-13/h4-11H,12H2,1-3H3. The van der Waals surface area contributed by atoms with Gasteiger partial charge in [-0.05, 0) is 47.4 Å². The van der Waals surface area contributed by atoms with Gasteiger partial charge in [0.05, 0.1) is 5.56 Å². The van der Waals surface area contributed by atoms with Crippen molar-refractivity contribution in [2.24, 2.45) is 0 Å². The maximum atomic E-state index is 12.0. The minimum Gasteiger partial charge on any atom is -0.454 e. The van der Waals surface area contributed by atoms with Gasteiger partial charge in [-0.2, -0.15) is 0 Å². The van der Waals surface area contributed by atoms with Crippen LogP contribution in [0.3, 0.4) is 0 Å². The molecule has 0 atom stereocenters. The molecule has 0 heterocycles. The smallest absolute Gasteiger partial charge is 0.338 e. The van der Waals surface area contributed by atoms with Crippen LogP contribution in [0.4, 0.5) is 0 Å². The molecule has 0 saturated heterocycles. The van der Waals surface area contributed by atoms with Gasteiger partial charge in [-0.25, -0.2) is 4.79 Å². The molecule has 0 aliphatic rings. The highest BCUT2D eigenvalue weighted by Crippen LogP contribution is 2.22. The van der Waals surface area contributed by atoms with Gasteiger partial charge in [-0.1, -0.05) is 44.5 Å². The number of rotatable bonds is 4. The van der Waals surface area contributed by atoms with E-state index in [2.05, 4.69) is 20.8 Å². The fourth-order valence-corrected chi connectivity index (χ4v) is 2.17. The van der Waals surface area contributed by atoms with Gasteiger partial charge >= 0.3 is 5.97 Å². The number of carbonyl (C=O) groups is 2. The summed E-state index contributed by atoms with van der Waals surface area (Å²) in [7, 11) is 0. The van der Waals surface area contributed by atoms with Crippen molar-refractivity contribution in [1.82, 2.24) is 0 Å². The third-order valence-electron chi connectivity index (χ3n) is 3.49. The number of ether oxygens (including phenoxy) is 1. The summed E-state index contributed by atoms with van der Waals surface area (Å²) in [4.78, 5) is 24.0. The van der Waals surface area contributed by atoms with Crippen molar-refractivity contribution in [1.29, 1.82) is 0 Å². The number of ketones is 1. The summed E-state index contributed by atoms with van der Waals surface area (Å²) >= 11 is 5.77. The van der Waals surface area contributed by atoms with Crippen molar-refractivity contribution >= 4 is 23.4 Å². The average molecular weight is 331 g/mol. The highest BCUT2D eigenvalue weighted by atomic mass is 35.5. The summed E-state index contributed by atoms with van der Waals surface area (Å²) in [6.07, 6.45) is 0. The van der Waals surface area contributed by atoms with E-state index in [9.17, 15) is 9.59 Å². The number of benzene rings is 2. The molecule has 2 aromatic rings. The number of halogens is 1. The van der Waals surface area contributed by atoms with Gasteiger partial charge in [0.15, 0.2) is 12.4 Å². The van der Waals surface area contributed by atoms with E-state index in [1.807, 2.05) is 12.1 Å². The molecule has 2 rings (SSSR count). The van der Waals surface area contributed by atoms with E-state index in [1.165, 1.54) is 0 Å². The van der Waals surface area contributed by atoms with Crippen molar-refractivity contribution in [3.8, 4) is 0 Å². The topological polar surface area (TPSA) is 43.4 Å². The Kier molecular flexibility index (Phi) is 5.22. The highest BCUT2D eigenvalue weighted by Gasteiger charge is 2.15. The predicted octanol–water partition coefficient (Wildman–Crippen LogP) is 4.68. The Balaban J connectivity index is 1.97. The Morgan fingerprint density at radius 2 is 1.43 bits per heavy atom. The third-order valence-corrected chi connectivity index (χ3v) is 3.74. The van der Waals surface area contributed by atoms with Crippen LogP contribution < -0.4 is 0 Å². The van der Waals surface area contributed by atoms with Gasteiger partial charge in [0.2, 0.25) is 0 Å². The first-order chi connectivity index (χ1) is 10.8. The summed E-state index contributed by atoms with van der Waals surface area (Å²) in [6.45, 7) is 6.02. The van der Waals surface area contributed by atoms with Crippen LogP contribution >= 0.6 is 11.6 Å². The van der Waals surface area contributed by atoms with Gasteiger partial charge in [0.25, 0.3) is 0 Å². The van der Waals surface area contributed by atoms with Crippen LogP contribution in [0.5, 0.6) is 0 Å². The van der Waals surface area contributed by atoms with Crippen molar-refractivity contribution in [2.75, 3.05) is 6.61 Å². The zero-order valence-corrected chi connectivity index (χ0v) is 14.2. The van der Waals surface area contributed by atoms with Crippen LogP contribution in [0, 0.1) is 0 Å². The second-order valence-corrected chi connectivity index (χ2v) is 6.77. The maximum Gasteiger partial charge on any atom is 0.338 e. The van der Waals surface area contributed by atoms with Crippen LogP contribution in [0.25, 0.3) is 0 Å². The zero-order valence-electron chi connectivity index (χ0n) is 13.4. The Labute approximate surface area is 141 Å². The number of esters is 1. The Hall–Kier alpha value is -2.13. The molecule has 0 radical (unpaired) electrons. The van der Waals surface area contributed by atoms with E-state index in [0.717, 1.165) is 5.56 Å². The lowest BCUT2D eigenvalue weighted by atomic mass is 9.87. The number of hydrogen-bond acceptors (Lipinski definition) is 3. The molecule has 2 aromatic carbocycles. The molecule has 0 fully saturated rings. The lowest BCUT2D eigenvalue weighted by molar-refractivity contribution is 0.0474. The molecule has 0 aromatic heterocycles. The molecule has 0 aliphatic carbocycles.